The van der Waals surface area contributed by atoms with E-state index in [4.69, 9.17) is 14.3 Å². The molecule has 0 radical (unpaired) electrons. The molecule has 126 valence electrons. The molecule has 0 aromatic heterocycles. The van der Waals surface area contributed by atoms with Crippen LogP contribution < -0.4 is 0 Å². The summed E-state index contributed by atoms with van der Waals surface area (Å²) in [4.78, 5) is 0. The minimum absolute atomic E-state index is 0.262. The quantitative estimate of drug-likeness (QED) is 0.351. The highest BCUT2D eigenvalue weighted by molar-refractivity contribution is 7.44. The van der Waals surface area contributed by atoms with Gasteiger partial charge in [-0.05, 0) is 59.8 Å². The largest absolute Gasteiger partial charge is 0.321 e. The van der Waals surface area contributed by atoms with Gasteiger partial charge >= 0.3 is 0 Å². The van der Waals surface area contributed by atoms with E-state index in [9.17, 15) is 0 Å². The molecular weight excluding hydrogens is 295 g/mol. The monoisotopic (exact) mass is 326 g/mol. The van der Waals surface area contributed by atoms with Gasteiger partial charge in [0.15, 0.2) is 0 Å². The molecule has 0 N–H and O–H groups in total. The van der Waals surface area contributed by atoms with E-state index in [1.807, 2.05) is 0 Å². The summed E-state index contributed by atoms with van der Waals surface area (Å²) >= 11 is 0. The van der Waals surface area contributed by atoms with E-state index in [2.05, 4.69) is 50.6 Å². The fraction of sp³-hybridized carbons (Fsp3) is 0.824. The number of allylic oxidation sites excluding steroid dienone is 2. The highest BCUT2D eigenvalue weighted by atomic mass is 31.2. The van der Waals surface area contributed by atoms with Gasteiger partial charge in [-0.1, -0.05) is 12.2 Å². The molecule has 1 aliphatic carbocycles. The van der Waals surface area contributed by atoms with Crippen molar-refractivity contribution in [1.29, 1.82) is 5.26 Å². The van der Waals surface area contributed by atoms with E-state index >= 15 is 0 Å². The summed E-state index contributed by atoms with van der Waals surface area (Å²) in [5.74, 6) is 0. The van der Waals surface area contributed by atoms with Crippen LogP contribution in [0.1, 0.15) is 66.2 Å². The molecule has 0 spiro atoms. The summed E-state index contributed by atoms with van der Waals surface area (Å²) < 4.78 is 14.7. The molecule has 0 heterocycles. The second-order valence-electron chi connectivity index (χ2n) is 6.25. The average molecular weight is 326 g/mol. The Kier molecular flexibility index (Phi) is 9.91. The number of hydrogen-bond donors (Lipinski definition) is 0. The first-order valence-corrected chi connectivity index (χ1v) is 9.59. The Labute approximate surface area is 137 Å². The van der Waals surface area contributed by atoms with Crippen molar-refractivity contribution in [2.45, 2.75) is 84.4 Å². The maximum absolute atomic E-state index is 8.74. The van der Waals surface area contributed by atoms with Gasteiger partial charge < -0.3 is 9.05 Å². The molecular formula is C17H31N2O2P. The predicted molar refractivity (Wildman–Crippen MR) is 92.3 cm³/mol. The molecule has 2 unspecified atom stereocenters. The lowest BCUT2D eigenvalue weighted by molar-refractivity contribution is 0.120. The van der Waals surface area contributed by atoms with Crippen LogP contribution >= 0.6 is 8.53 Å². The molecule has 2 atom stereocenters. The minimum Gasteiger partial charge on any atom is -0.321 e. The van der Waals surface area contributed by atoms with Crippen molar-refractivity contribution in [3.05, 3.63) is 12.2 Å². The summed E-state index contributed by atoms with van der Waals surface area (Å²) in [7, 11) is -1.10. The number of nitrogens with zero attached hydrogens (tertiary/aromatic N) is 2. The third-order valence-corrected chi connectivity index (χ3v) is 5.80. The van der Waals surface area contributed by atoms with Gasteiger partial charge in [0.05, 0.1) is 25.2 Å². The van der Waals surface area contributed by atoms with Crippen LogP contribution in [0.3, 0.4) is 0 Å². The van der Waals surface area contributed by atoms with Crippen LogP contribution in [-0.2, 0) is 9.05 Å². The Hall–Kier alpha value is -0.460. The van der Waals surface area contributed by atoms with Gasteiger partial charge in [-0.3, -0.25) is 0 Å². The number of nitriles is 1. The molecule has 4 nitrogen and oxygen atoms in total. The Morgan fingerprint density at radius 1 is 1.18 bits per heavy atom. The summed E-state index contributed by atoms with van der Waals surface area (Å²) in [6, 6.07) is 2.87. The lowest BCUT2D eigenvalue weighted by Crippen LogP contribution is -2.34. The smallest absolute Gasteiger partial charge is 0.259 e. The zero-order chi connectivity index (χ0) is 16.4. The van der Waals surface area contributed by atoms with Crippen molar-refractivity contribution in [2.24, 2.45) is 0 Å². The minimum atomic E-state index is -1.10. The van der Waals surface area contributed by atoms with Crippen molar-refractivity contribution in [2.75, 3.05) is 6.61 Å². The maximum atomic E-state index is 8.74. The van der Waals surface area contributed by atoms with Crippen molar-refractivity contribution in [1.82, 2.24) is 4.67 Å². The molecule has 0 bridgehead atoms. The normalized spacial score (nSPS) is 22.4. The van der Waals surface area contributed by atoms with Crippen molar-refractivity contribution >= 4 is 8.53 Å². The summed E-state index contributed by atoms with van der Waals surface area (Å²) in [5.41, 5.74) is 0. The van der Waals surface area contributed by atoms with E-state index in [0.29, 0.717) is 25.1 Å². The van der Waals surface area contributed by atoms with Gasteiger partial charge in [0.1, 0.15) is 0 Å². The highest BCUT2D eigenvalue weighted by Gasteiger charge is 2.29. The summed E-state index contributed by atoms with van der Waals surface area (Å²) in [6.45, 7) is 9.14. The van der Waals surface area contributed by atoms with Crippen LogP contribution in [0.4, 0.5) is 0 Å². The molecule has 22 heavy (non-hydrogen) atoms. The molecule has 1 aliphatic rings. The molecule has 5 heteroatoms. The maximum Gasteiger partial charge on any atom is 0.259 e. The number of rotatable bonds is 8. The molecule has 0 amide bonds. The van der Waals surface area contributed by atoms with E-state index in [-0.39, 0.29) is 6.10 Å². The van der Waals surface area contributed by atoms with Crippen molar-refractivity contribution < 1.29 is 9.05 Å². The topological polar surface area (TPSA) is 45.5 Å². The van der Waals surface area contributed by atoms with E-state index in [1.54, 1.807) is 0 Å². The first-order valence-electron chi connectivity index (χ1n) is 8.46. The first kappa shape index (κ1) is 19.6. The van der Waals surface area contributed by atoms with E-state index in [1.165, 1.54) is 6.42 Å². The standard InChI is InChI=1S/C17H31N2O2P/c1-15(2)19(16(3)4)22(20-14-10-13-18)21-17-11-8-6-5-7-9-12-17/h5-6,15-17H,7-12,14H2,1-4H3/b6-5-. The lowest BCUT2D eigenvalue weighted by Gasteiger charge is -2.37. The Bertz CT molecular complexity index is 358. The van der Waals surface area contributed by atoms with Crippen LogP contribution in [-0.4, -0.2) is 29.5 Å². The lowest BCUT2D eigenvalue weighted by atomic mass is 10.0. The fourth-order valence-electron chi connectivity index (χ4n) is 2.65. The van der Waals surface area contributed by atoms with Crippen LogP contribution in [0.15, 0.2) is 12.2 Å². The molecule has 0 saturated carbocycles. The van der Waals surface area contributed by atoms with Gasteiger partial charge in [0.25, 0.3) is 8.53 Å². The van der Waals surface area contributed by atoms with Crippen LogP contribution in [0, 0.1) is 11.3 Å². The molecule has 0 aliphatic heterocycles. The fourth-order valence-corrected chi connectivity index (χ4v) is 4.42. The third-order valence-electron chi connectivity index (χ3n) is 3.62. The average Bonchev–Trinajstić information content (AvgIpc) is 2.40. The Morgan fingerprint density at radius 2 is 1.86 bits per heavy atom. The van der Waals surface area contributed by atoms with Gasteiger partial charge in [-0.25, -0.2) is 4.67 Å². The first-order chi connectivity index (χ1) is 10.6. The van der Waals surface area contributed by atoms with Gasteiger partial charge in [0.2, 0.25) is 0 Å². The van der Waals surface area contributed by atoms with E-state index < -0.39 is 8.53 Å². The zero-order valence-corrected chi connectivity index (χ0v) is 15.4. The van der Waals surface area contributed by atoms with Crippen molar-refractivity contribution in [3.8, 4) is 6.07 Å². The second kappa shape index (κ2) is 11.1. The Morgan fingerprint density at radius 3 is 2.50 bits per heavy atom. The predicted octanol–water partition coefficient (Wildman–Crippen LogP) is 5.17. The highest BCUT2D eigenvalue weighted by Crippen LogP contribution is 2.48. The van der Waals surface area contributed by atoms with Gasteiger partial charge in [0, 0.05) is 12.1 Å². The molecule has 0 saturated heterocycles. The summed E-state index contributed by atoms with van der Waals surface area (Å²) in [5, 5.41) is 8.74. The zero-order valence-electron chi connectivity index (χ0n) is 14.5. The number of hydrogen-bond acceptors (Lipinski definition) is 4. The van der Waals surface area contributed by atoms with Gasteiger partial charge in [-0.2, -0.15) is 5.26 Å². The van der Waals surface area contributed by atoms with Crippen LogP contribution in [0.25, 0.3) is 0 Å². The van der Waals surface area contributed by atoms with Crippen molar-refractivity contribution in [3.63, 3.8) is 0 Å². The molecule has 0 aromatic rings. The molecule has 1 rings (SSSR count). The second-order valence-corrected chi connectivity index (χ2v) is 7.66. The van der Waals surface area contributed by atoms with Crippen LogP contribution in [0.5, 0.6) is 0 Å². The third kappa shape index (κ3) is 7.20. The molecule has 0 fully saturated rings. The summed E-state index contributed by atoms with van der Waals surface area (Å²) in [6.07, 6.45) is 10.8. The van der Waals surface area contributed by atoms with E-state index in [0.717, 1.165) is 25.7 Å². The Balaban J connectivity index is 2.70. The van der Waals surface area contributed by atoms with Crippen LogP contribution in [0.2, 0.25) is 0 Å². The van der Waals surface area contributed by atoms with Gasteiger partial charge in [-0.15, -0.1) is 0 Å². The molecule has 0 aromatic carbocycles. The SMILES string of the molecule is CC(C)N(C(C)C)P(OCCC#N)OC1CC/C=C\CCC1.